The number of fused-ring (bicyclic) bond motifs is 1. The van der Waals surface area contributed by atoms with Crippen molar-refractivity contribution in [1.29, 1.82) is 0 Å². The predicted molar refractivity (Wildman–Crippen MR) is 104 cm³/mol. The number of nitrogens with zero attached hydrogens (tertiary/aromatic N) is 1. The second kappa shape index (κ2) is 8.11. The number of rotatable bonds is 6. The lowest BCUT2D eigenvalue weighted by molar-refractivity contribution is 0.0775. The average Bonchev–Trinajstić information content (AvgIpc) is 2.68. The van der Waals surface area contributed by atoms with E-state index in [1.807, 2.05) is 42.5 Å². The summed E-state index contributed by atoms with van der Waals surface area (Å²) in [6.07, 6.45) is 0. The van der Waals surface area contributed by atoms with E-state index in [2.05, 4.69) is 0 Å². The monoisotopic (exact) mass is 369 g/mol. The van der Waals surface area contributed by atoms with Crippen LogP contribution in [0.3, 0.4) is 0 Å². The Morgan fingerprint density at radius 3 is 2.38 bits per heavy atom. The molecule has 3 rings (SSSR count). The lowest BCUT2D eigenvalue weighted by Gasteiger charge is -2.19. The standard InChI is InChI=1S/C21H20ClNO3/c1-23(13-14-26-20-10-6-5-9-18(20)22)21(24)17-11-12-19(25-2)16-8-4-3-7-15(16)17/h3-12H,13-14H2,1-2H3. The molecule has 0 aliphatic rings. The number of hydrogen-bond acceptors (Lipinski definition) is 3. The number of hydrogen-bond donors (Lipinski definition) is 0. The van der Waals surface area contributed by atoms with Crippen molar-refractivity contribution >= 4 is 28.3 Å². The van der Waals surface area contributed by atoms with Gasteiger partial charge in [0.25, 0.3) is 5.91 Å². The fourth-order valence-electron chi connectivity index (χ4n) is 2.80. The van der Waals surface area contributed by atoms with Crippen LogP contribution in [0.15, 0.2) is 60.7 Å². The van der Waals surface area contributed by atoms with Gasteiger partial charge in [0.15, 0.2) is 0 Å². The molecular weight excluding hydrogens is 350 g/mol. The van der Waals surface area contributed by atoms with Crippen LogP contribution in [-0.4, -0.2) is 38.1 Å². The molecule has 0 saturated heterocycles. The van der Waals surface area contributed by atoms with Crippen molar-refractivity contribution in [3.8, 4) is 11.5 Å². The van der Waals surface area contributed by atoms with E-state index < -0.39 is 0 Å². The number of para-hydroxylation sites is 1. The van der Waals surface area contributed by atoms with E-state index in [4.69, 9.17) is 21.1 Å². The summed E-state index contributed by atoms with van der Waals surface area (Å²) in [5.41, 5.74) is 0.640. The zero-order valence-electron chi connectivity index (χ0n) is 14.7. The summed E-state index contributed by atoms with van der Waals surface area (Å²) in [5, 5.41) is 2.35. The molecule has 0 aromatic heterocycles. The molecule has 26 heavy (non-hydrogen) atoms. The van der Waals surface area contributed by atoms with Crippen molar-refractivity contribution in [1.82, 2.24) is 4.90 Å². The fourth-order valence-corrected chi connectivity index (χ4v) is 2.99. The highest BCUT2D eigenvalue weighted by Crippen LogP contribution is 2.29. The number of halogens is 1. The summed E-state index contributed by atoms with van der Waals surface area (Å²) < 4.78 is 11.1. The number of carbonyl (C=O) groups is 1. The molecule has 0 spiro atoms. The first-order valence-electron chi connectivity index (χ1n) is 8.30. The lowest BCUT2D eigenvalue weighted by Crippen LogP contribution is -2.31. The molecule has 3 aromatic carbocycles. The Morgan fingerprint density at radius 1 is 0.962 bits per heavy atom. The van der Waals surface area contributed by atoms with Crippen molar-refractivity contribution in [3.63, 3.8) is 0 Å². The van der Waals surface area contributed by atoms with Gasteiger partial charge in [-0.15, -0.1) is 0 Å². The molecule has 0 atom stereocenters. The highest BCUT2D eigenvalue weighted by atomic mass is 35.5. The van der Waals surface area contributed by atoms with Crippen LogP contribution >= 0.6 is 11.6 Å². The van der Waals surface area contributed by atoms with Gasteiger partial charge in [-0.05, 0) is 29.7 Å². The minimum atomic E-state index is -0.0633. The number of ether oxygens (including phenoxy) is 2. The quantitative estimate of drug-likeness (QED) is 0.634. The summed E-state index contributed by atoms with van der Waals surface area (Å²) in [7, 11) is 3.39. The van der Waals surface area contributed by atoms with Crippen molar-refractivity contribution in [2.75, 3.05) is 27.3 Å². The number of methoxy groups -OCH3 is 1. The predicted octanol–water partition coefficient (Wildman–Crippen LogP) is 4.65. The van der Waals surface area contributed by atoms with Gasteiger partial charge in [0.1, 0.15) is 18.1 Å². The van der Waals surface area contributed by atoms with Crippen molar-refractivity contribution < 1.29 is 14.3 Å². The number of likely N-dealkylation sites (N-methyl/N-ethyl adjacent to an activating group) is 1. The summed E-state index contributed by atoms with van der Waals surface area (Å²) >= 11 is 6.07. The molecule has 4 nitrogen and oxygen atoms in total. The molecule has 0 fully saturated rings. The smallest absolute Gasteiger partial charge is 0.254 e. The fraction of sp³-hybridized carbons (Fsp3) is 0.190. The highest BCUT2D eigenvalue weighted by Gasteiger charge is 2.16. The highest BCUT2D eigenvalue weighted by molar-refractivity contribution is 6.32. The number of amides is 1. The molecule has 0 N–H and O–H groups in total. The Balaban J connectivity index is 1.73. The van der Waals surface area contributed by atoms with Crippen LogP contribution in [0.2, 0.25) is 5.02 Å². The first-order valence-corrected chi connectivity index (χ1v) is 8.68. The van der Waals surface area contributed by atoms with Crippen molar-refractivity contribution in [2.24, 2.45) is 0 Å². The van der Waals surface area contributed by atoms with Crippen LogP contribution in [0.5, 0.6) is 11.5 Å². The third-order valence-corrected chi connectivity index (χ3v) is 4.51. The van der Waals surface area contributed by atoms with Gasteiger partial charge in [-0.1, -0.05) is 48.0 Å². The molecule has 0 aliphatic carbocycles. The molecule has 0 aliphatic heterocycles. The molecule has 0 unspecified atom stereocenters. The zero-order chi connectivity index (χ0) is 18.5. The maximum atomic E-state index is 12.9. The van der Waals surface area contributed by atoms with E-state index in [1.165, 1.54) is 0 Å². The molecule has 5 heteroatoms. The minimum absolute atomic E-state index is 0.0633. The van der Waals surface area contributed by atoms with Crippen LogP contribution < -0.4 is 9.47 Å². The van der Waals surface area contributed by atoms with Crippen LogP contribution in [-0.2, 0) is 0 Å². The zero-order valence-corrected chi connectivity index (χ0v) is 15.5. The van der Waals surface area contributed by atoms with Crippen LogP contribution in [0.4, 0.5) is 0 Å². The second-order valence-electron chi connectivity index (χ2n) is 5.87. The Bertz CT molecular complexity index is 926. The normalized spacial score (nSPS) is 10.6. The molecule has 0 saturated carbocycles. The molecule has 134 valence electrons. The van der Waals surface area contributed by atoms with Gasteiger partial charge in [0.2, 0.25) is 0 Å². The Morgan fingerprint density at radius 2 is 1.65 bits per heavy atom. The van der Waals surface area contributed by atoms with Crippen LogP contribution in [0, 0.1) is 0 Å². The van der Waals surface area contributed by atoms with Crippen molar-refractivity contribution in [2.45, 2.75) is 0 Å². The van der Waals surface area contributed by atoms with E-state index >= 15 is 0 Å². The second-order valence-corrected chi connectivity index (χ2v) is 6.27. The van der Waals surface area contributed by atoms with E-state index in [0.717, 1.165) is 16.5 Å². The van der Waals surface area contributed by atoms with Gasteiger partial charge in [0, 0.05) is 18.0 Å². The van der Waals surface area contributed by atoms with E-state index in [-0.39, 0.29) is 5.91 Å². The first-order chi connectivity index (χ1) is 12.6. The maximum Gasteiger partial charge on any atom is 0.254 e. The third-order valence-electron chi connectivity index (χ3n) is 4.20. The SMILES string of the molecule is COc1ccc(C(=O)N(C)CCOc2ccccc2Cl)c2ccccc12. The summed E-state index contributed by atoms with van der Waals surface area (Å²) in [5.74, 6) is 1.30. The van der Waals surface area contributed by atoms with Gasteiger partial charge in [0.05, 0.1) is 18.7 Å². The van der Waals surface area contributed by atoms with E-state index in [0.29, 0.717) is 29.5 Å². The van der Waals surface area contributed by atoms with E-state index in [1.54, 1.807) is 37.3 Å². The molecule has 3 aromatic rings. The largest absolute Gasteiger partial charge is 0.496 e. The third kappa shape index (κ3) is 3.75. The Kier molecular flexibility index (Phi) is 5.64. The topological polar surface area (TPSA) is 38.8 Å². The molecule has 0 heterocycles. The van der Waals surface area contributed by atoms with Gasteiger partial charge < -0.3 is 14.4 Å². The van der Waals surface area contributed by atoms with Gasteiger partial charge in [-0.25, -0.2) is 0 Å². The summed E-state index contributed by atoms with van der Waals surface area (Å²) in [6, 6.07) is 18.6. The van der Waals surface area contributed by atoms with Crippen LogP contribution in [0.25, 0.3) is 10.8 Å². The summed E-state index contributed by atoms with van der Waals surface area (Å²) in [6.45, 7) is 0.810. The average molecular weight is 370 g/mol. The van der Waals surface area contributed by atoms with E-state index in [9.17, 15) is 4.79 Å². The summed E-state index contributed by atoms with van der Waals surface area (Å²) in [4.78, 5) is 14.5. The lowest BCUT2D eigenvalue weighted by atomic mass is 10.0. The van der Waals surface area contributed by atoms with Gasteiger partial charge >= 0.3 is 0 Å². The minimum Gasteiger partial charge on any atom is -0.496 e. The molecule has 0 bridgehead atoms. The van der Waals surface area contributed by atoms with Gasteiger partial charge in [-0.2, -0.15) is 0 Å². The van der Waals surface area contributed by atoms with Gasteiger partial charge in [-0.3, -0.25) is 4.79 Å². The number of carbonyl (C=O) groups excluding carboxylic acids is 1. The first kappa shape index (κ1) is 18.1. The van der Waals surface area contributed by atoms with Crippen molar-refractivity contribution in [3.05, 3.63) is 71.2 Å². The number of benzene rings is 3. The molecular formula is C21H20ClNO3. The maximum absolute atomic E-state index is 12.9. The Hall–Kier alpha value is -2.72. The molecule has 0 radical (unpaired) electrons. The Labute approximate surface area is 157 Å². The van der Waals surface area contributed by atoms with Crippen LogP contribution in [0.1, 0.15) is 10.4 Å². The molecule has 1 amide bonds.